The van der Waals surface area contributed by atoms with Crippen molar-refractivity contribution in [1.82, 2.24) is 10.2 Å². The number of aliphatic carboxylic acids is 1. The molecule has 4 aliphatic heterocycles. The molecular formula is C54H74B2N2O7. The molecule has 0 saturated carbocycles. The first-order valence-electron chi connectivity index (χ1n) is 24.1. The molecule has 4 heterocycles. The molecule has 9 nitrogen and oxygen atoms in total. The highest BCUT2D eigenvalue weighted by Gasteiger charge is 2.52. The summed E-state index contributed by atoms with van der Waals surface area (Å²) in [4.78, 5) is 25.8. The van der Waals surface area contributed by atoms with Crippen LogP contribution in [0.15, 0.2) is 97.1 Å². The molecule has 4 aliphatic rings. The smallest absolute Gasteiger partial charge is 0.481 e. The number of piperidine rings is 2. The van der Waals surface area contributed by atoms with Gasteiger partial charge in [0.1, 0.15) is 0 Å². The lowest BCUT2D eigenvalue weighted by molar-refractivity contribution is -0.136. The van der Waals surface area contributed by atoms with E-state index < -0.39 is 20.2 Å². The topological polar surface area (TPSA) is 107 Å². The zero-order chi connectivity index (χ0) is 47.0. The minimum atomic E-state index is -0.842. The number of carbonyl (C=O) groups is 2. The third-order valence-corrected chi connectivity index (χ3v) is 14.5. The highest BCUT2D eigenvalue weighted by Crippen LogP contribution is 2.38. The predicted molar refractivity (Wildman–Crippen MR) is 264 cm³/mol. The van der Waals surface area contributed by atoms with Crippen LogP contribution in [-0.4, -0.2) is 84.7 Å². The van der Waals surface area contributed by atoms with Gasteiger partial charge >= 0.3 is 20.2 Å². The van der Waals surface area contributed by atoms with Gasteiger partial charge in [0.2, 0.25) is 5.91 Å². The fraction of sp³-hybridized carbons (Fsp3) is 0.519. The maximum absolute atomic E-state index is 13.0. The Balaban J connectivity index is 0.000000179. The Labute approximate surface area is 390 Å². The SMILES string of the molecule is CC1(C)OB(c2cccc(CC(=O)O)c2)OC1(C)C.CCc1cccc(C2CCN(C(=O)Cc3cccc(B4OC(C)(C)C(C)(C)O4)c3)CC2)c1.CCc1cccc(C2CCNCC2)c1. The molecule has 0 spiro atoms. The molecule has 1 amide bonds. The van der Waals surface area contributed by atoms with Gasteiger partial charge in [0.25, 0.3) is 0 Å². The quantitative estimate of drug-likeness (QED) is 0.152. The number of carboxylic acid groups (broad SMARTS) is 1. The Hall–Kier alpha value is -4.25. The molecule has 0 bridgehead atoms. The minimum absolute atomic E-state index is 0.00729. The van der Waals surface area contributed by atoms with Crippen molar-refractivity contribution in [2.75, 3.05) is 26.2 Å². The number of rotatable bonds is 10. The minimum Gasteiger partial charge on any atom is -0.481 e. The van der Waals surface area contributed by atoms with Gasteiger partial charge in [-0.3, -0.25) is 9.59 Å². The van der Waals surface area contributed by atoms with Crippen molar-refractivity contribution < 1.29 is 33.3 Å². The summed E-state index contributed by atoms with van der Waals surface area (Å²) in [6, 6.07) is 33.5. The first-order valence-corrected chi connectivity index (χ1v) is 24.1. The number of carbonyl (C=O) groups excluding carboxylic acids is 1. The standard InChI is InChI=1S/C27H36BNO3.C14H19BO4.C13H19N/c1-6-20-9-7-11-23(17-20)22-13-15-29(16-14-22)25(30)19-21-10-8-12-24(18-21)28-31-26(2,3)27(4,5)32-28;1-13(2)14(3,4)19-15(18-13)11-7-5-6-10(8-11)9-12(16)17;1-2-11-4-3-5-13(10-11)12-6-8-14-9-7-12/h7-12,17-18,22H,6,13-16,19H2,1-5H3;5-8H,9H2,1-4H3,(H,16,17);3-5,10,12,14H,2,6-9H2,1H3. The molecule has 4 saturated heterocycles. The molecule has 65 heavy (non-hydrogen) atoms. The Bertz CT molecular complexity index is 2180. The van der Waals surface area contributed by atoms with E-state index >= 15 is 0 Å². The lowest BCUT2D eigenvalue weighted by atomic mass is 9.78. The maximum Gasteiger partial charge on any atom is 0.494 e. The number of nitrogens with zero attached hydrogens (tertiary/aromatic N) is 1. The number of hydrogen-bond acceptors (Lipinski definition) is 7. The molecule has 4 aromatic rings. The van der Waals surface area contributed by atoms with Crippen LogP contribution >= 0.6 is 0 Å². The van der Waals surface area contributed by atoms with E-state index in [1.807, 2.05) is 69.0 Å². The van der Waals surface area contributed by atoms with E-state index in [0.29, 0.717) is 12.3 Å². The van der Waals surface area contributed by atoms with E-state index in [9.17, 15) is 9.59 Å². The third kappa shape index (κ3) is 13.0. The Morgan fingerprint density at radius 3 is 1.37 bits per heavy atom. The molecule has 8 rings (SSSR count). The van der Waals surface area contributed by atoms with Crippen molar-refractivity contribution in [3.63, 3.8) is 0 Å². The van der Waals surface area contributed by atoms with Crippen LogP contribution in [0.25, 0.3) is 0 Å². The summed E-state index contributed by atoms with van der Waals surface area (Å²) in [6.45, 7) is 24.7. The number of carboxylic acids is 1. The van der Waals surface area contributed by atoms with Crippen molar-refractivity contribution in [3.8, 4) is 0 Å². The van der Waals surface area contributed by atoms with Crippen LogP contribution in [-0.2, 0) is 53.9 Å². The van der Waals surface area contributed by atoms with Gasteiger partial charge in [0, 0.05) is 13.1 Å². The average molecular weight is 885 g/mol. The van der Waals surface area contributed by atoms with Gasteiger partial charge in [0.15, 0.2) is 0 Å². The predicted octanol–water partition coefficient (Wildman–Crippen LogP) is 8.83. The number of benzene rings is 4. The van der Waals surface area contributed by atoms with Crippen molar-refractivity contribution in [3.05, 3.63) is 130 Å². The number of aryl methyl sites for hydroxylation is 2. The summed E-state index contributed by atoms with van der Waals surface area (Å²) in [7, 11) is -0.844. The van der Waals surface area contributed by atoms with Gasteiger partial charge in [0.05, 0.1) is 35.2 Å². The summed E-state index contributed by atoms with van der Waals surface area (Å²) in [5, 5.41) is 12.2. The van der Waals surface area contributed by atoms with E-state index in [1.165, 1.54) is 42.6 Å². The Morgan fingerprint density at radius 2 is 0.954 bits per heavy atom. The van der Waals surface area contributed by atoms with Gasteiger partial charge in [-0.25, -0.2) is 0 Å². The van der Waals surface area contributed by atoms with Gasteiger partial charge in [-0.05, 0) is 163 Å². The van der Waals surface area contributed by atoms with Crippen LogP contribution in [0, 0.1) is 0 Å². The fourth-order valence-corrected chi connectivity index (χ4v) is 8.87. The molecule has 0 unspecified atom stereocenters. The van der Waals surface area contributed by atoms with Crippen LogP contribution < -0.4 is 16.2 Å². The zero-order valence-electron chi connectivity index (χ0n) is 40.9. The largest absolute Gasteiger partial charge is 0.494 e. The van der Waals surface area contributed by atoms with Gasteiger partial charge in [-0.15, -0.1) is 0 Å². The summed E-state index contributed by atoms with van der Waals surface area (Å²) >= 11 is 0. The monoisotopic (exact) mass is 885 g/mol. The lowest BCUT2D eigenvalue weighted by Crippen LogP contribution is -2.41. The molecule has 2 N–H and O–H groups in total. The van der Waals surface area contributed by atoms with E-state index in [-0.39, 0.29) is 34.7 Å². The second-order valence-electron chi connectivity index (χ2n) is 20.3. The molecule has 0 aliphatic carbocycles. The van der Waals surface area contributed by atoms with Gasteiger partial charge in [-0.2, -0.15) is 0 Å². The highest BCUT2D eigenvalue weighted by molar-refractivity contribution is 6.62. The van der Waals surface area contributed by atoms with E-state index in [1.54, 1.807) is 11.6 Å². The molecule has 4 fully saturated rings. The van der Waals surface area contributed by atoms with Crippen LogP contribution in [0.4, 0.5) is 0 Å². The second kappa shape index (κ2) is 21.6. The number of hydrogen-bond donors (Lipinski definition) is 2. The van der Waals surface area contributed by atoms with Gasteiger partial charge in [-0.1, -0.05) is 111 Å². The Kier molecular flexibility index (Phi) is 16.7. The normalized spacial score (nSPS) is 20.1. The summed E-state index contributed by atoms with van der Waals surface area (Å²) in [5.41, 5.74) is 7.91. The number of likely N-dealkylation sites (tertiary alicyclic amines) is 1. The van der Waals surface area contributed by atoms with E-state index in [2.05, 4.69) is 101 Å². The highest BCUT2D eigenvalue weighted by atomic mass is 16.7. The molecule has 0 atom stereocenters. The molecular weight excluding hydrogens is 810 g/mol. The molecule has 348 valence electrons. The average Bonchev–Trinajstić information content (AvgIpc) is 3.66. The Morgan fingerprint density at radius 1 is 0.569 bits per heavy atom. The summed E-state index contributed by atoms with van der Waals surface area (Å²) in [6.07, 6.45) is 7.31. The van der Waals surface area contributed by atoms with Crippen molar-refractivity contribution >= 4 is 37.0 Å². The van der Waals surface area contributed by atoms with Crippen LogP contribution in [0.1, 0.15) is 140 Å². The molecule has 0 radical (unpaired) electrons. The molecule has 4 aromatic carbocycles. The van der Waals surface area contributed by atoms with Gasteiger partial charge < -0.3 is 33.9 Å². The van der Waals surface area contributed by atoms with Crippen molar-refractivity contribution in [2.45, 2.75) is 155 Å². The van der Waals surface area contributed by atoms with E-state index in [0.717, 1.165) is 66.7 Å². The first-order chi connectivity index (χ1) is 30.8. The summed E-state index contributed by atoms with van der Waals surface area (Å²) < 4.78 is 24.2. The maximum atomic E-state index is 13.0. The number of nitrogens with one attached hydrogen (secondary N) is 1. The van der Waals surface area contributed by atoms with E-state index in [4.69, 9.17) is 23.7 Å². The lowest BCUT2D eigenvalue weighted by Gasteiger charge is -2.32. The first kappa shape index (κ1) is 50.2. The van der Waals surface area contributed by atoms with Crippen LogP contribution in [0.2, 0.25) is 0 Å². The molecule has 11 heteroatoms. The molecule has 0 aromatic heterocycles. The second-order valence-corrected chi connectivity index (χ2v) is 20.3. The third-order valence-electron chi connectivity index (χ3n) is 14.5. The number of amides is 1. The van der Waals surface area contributed by atoms with Crippen molar-refractivity contribution in [2.24, 2.45) is 0 Å². The van der Waals surface area contributed by atoms with Crippen LogP contribution in [0.5, 0.6) is 0 Å². The van der Waals surface area contributed by atoms with Crippen LogP contribution in [0.3, 0.4) is 0 Å². The summed E-state index contributed by atoms with van der Waals surface area (Å²) in [5.74, 6) is 0.711. The zero-order valence-corrected chi connectivity index (χ0v) is 40.9. The van der Waals surface area contributed by atoms with Crippen molar-refractivity contribution in [1.29, 1.82) is 0 Å². The fourth-order valence-electron chi connectivity index (χ4n) is 8.87.